The molecule has 4 N–H and O–H groups in total. The van der Waals surface area contributed by atoms with Gasteiger partial charge >= 0.3 is 0 Å². The Balaban J connectivity index is 1.52. The summed E-state index contributed by atoms with van der Waals surface area (Å²) in [6.07, 6.45) is 6.24. The SMILES string of the molecule is O=C(Nc1ccc(F)cc1)[C@@H]([NH2+]CC1([NH+]2CCOCC2)CCCCC1)c1ccccc1. The van der Waals surface area contributed by atoms with Crippen molar-refractivity contribution in [1.82, 2.24) is 0 Å². The molecule has 1 aliphatic heterocycles. The van der Waals surface area contributed by atoms with Crippen LogP contribution in [0.4, 0.5) is 10.1 Å². The molecule has 0 unspecified atom stereocenters. The molecule has 5 nitrogen and oxygen atoms in total. The highest BCUT2D eigenvalue weighted by Crippen LogP contribution is 2.25. The Hall–Kier alpha value is -2.28. The van der Waals surface area contributed by atoms with E-state index in [1.165, 1.54) is 44.2 Å². The third-order valence-corrected chi connectivity index (χ3v) is 6.95. The molecule has 1 aliphatic carbocycles. The zero-order chi connectivity index (χ0) is 21.5. The predicted octanol–water partition coefficient (Wildman–Crippen LogP) is 1.69. The first-order chi connectivity index (χ1) is 15.2. The molecule has 1 amide bonds. The maximum absolute atomic E-state index is 13.3. The van der Waals surface area contributed by atoms with E-state index in [0.29, 0.717) is 5.69 Å². The minimum absolute atomic E-state index is 0.0688. The van der Waals surface area contributed by atoms with Crippen LogP contribution in [0.1, 0.15) is 43.7 Å². The smallest absolute Gasteiger partial charge is 0.287 e. The quantitative estimate of drug-likeness (QED) is 0.630. The Morgan fingerprint density at radius 2 is 1.71 bits per heavy atom. The molecule has 6 heteroatoms. The van der Waals surface area contributed by atoms with Gasteiger partial charge in [-0.25, -0.2) is 4.39 Å². The van der Waals surface area contributed by atoms with Crippen molar-refractivity contribution < 1.29 is 24.1 Å². The average Bonchev–Trinajstić information content (AvgIpc) is 2.82. The van der Waals surface area contributed by atoms with Gasteiger partial charge in [-0.1, -0.05) is 36.8 Å². The zero-order valence-corrected chi connectivity index (χ0v) is 18.1. The van der Waals surface area contributed by atoms with Crippen molar-refractivity contribution in [3.05, 3.63) is 66.0 Å². The maximum Gasteiger partial charge on any atom is 0.287 e. The average molecular weight is 428 g/mol. The number of halogens is 1. The molecule has 4 rings (SSSR count). The van der Waals surface area contributed by atoms with Crippen LogP contribution in [0.25, 0.3) is 0 Å². The number of ether oxygens (including phenoxy) is 1. The molecule has 2 fully saturated rings. The summed E-state index contributed by atoms with van der Waals surface area (Å²) in [5.74, 6) is -0.377. The Kier molecular flexibility index (Phi) is 7.33. The van der Waals surface area contributed by atoms with Crippen molar-refractivity contribution in [2.45, 2.75) is 43.7 Å². The number of hydrogen-bond donors (Lipinski definition) is 3. The van der Waals surface area contributed by atoms with E-state index in [2.05, 4.69) is 10.6 Å². The van der Waals surface area contributed by atoms with E-state index >= 15 is 0 Å². The number of hydrogen-bond acceptors (Lipinski definition) is 2. The van der Waals surface area contributed by atoms with Crippen molar-refractivity contribution in [3.63, 3.8) is 0 Å². The summed E-state index contributed by atoms with van der Waals surface area (Å²) in [6.45, 7) is 4.66. The molecule has 2 aliphatic rings. The number of rotatable bonds is 7. The van der Waals surface area contributed by atoms with Gasteiger partial charge < -0.3 is 20.3 Å². The second-order valence-electron chi connectivity index (χ2n) is 8.88. The van der Waals surface area contributed by atoms with Crippen LogP contribution >= 0.6 is 0 Å². The van der Waals surface area contributed by atoms with Crippen LogP contribution in [0, 0.1) is 5.82 Å². The molecule has 1 heterocycles. The molecule has 0 bridgehead atoms. The molecule has 1 saturated heterocycles. The van der Waals surface area contributed by atoms with Crippen LogP contribution in [-0.4, -0.2) is 44.3 Å². The number of nitrogens with two attached hydrogens (primary N) is 1. The lowest BCUT2D eigenvalue weighted by Crippen LogP contribution is -3.25. The Morgan fingerprint density at radius 3 is 2.39 bits per heavy atom. The number of carbonyl (C=O) groups excluding carboxylic acids is 1. The lowest BCUT2D eigenvalue weighted by Gasteiger charge is -2.44. The van der Waals surface area contributed by atoms with Crippen molar-refractivity contribution in [3.8, 4) is 0 Å². The monoisotopic (exact) mass is 427 g/mol. The molecule has 0 aromatic heterocycles. The van der Waals surface area contributed by atoms with Gasteiger partial charge in [-0.2, -0.15) is 0 Å². The van der Waals surface area contributed by atoms with Crippen molar-refractivity contribution >= 4 is 11.6 Å². The second-order valence-corrected chi connectivity index (χ2v) is 8.88. The van der Waals surface area contributed by atoms with E-state index in [1.807, 2.05) is 30.3 Å². The molecule has 2 aromatic carbocycles. The van der Waals surface area contributed by atoms with E-state index in [1.54, 1.807) is 17.0 Å². The first-order valence-corrected chi connectivity index (χ1v) is 11.5. The molecule has 2 aromatic rings. The first kappa shape index (κ1) is 21.9. The second kappa shape index (κ2) is 10.4. The summed E-state index contributed by atoms with van der Waals surface area (Å²) in [4.78, 5) is 14.9. The molecule has 31 heavy (non-hydrogen) atoms. The summed E-state index contributed by atoms with van der Waals surface area (Å²) < 4.78 is 18.9. The third kappa shape index (κ3) is 5.50. The first-order valence-electron chi connectivity index (χ1n) is 11.5. The topological polar surface area (TPSA) is 59.4 Å². The van der Waals surface area contributed by atoms with E-state index in [0.717, 1.165) is 38.4 Å². The van der Waals surface area contributed by atoms with Crippen LogP contribution in [0.5, 0.6) is 0 Å². The summed E-state index contributed by atoms with van der Waals surface area (Å²) in [5, 5.41) is 5.21. The van der Waals surface area contributed by atoms with Crippen LogP contribution in [0.15, 0.2) is 54.6 Å². The number of amides is 1. The van der Waals surface area contributed by atoms with Gasteiger partial charge in [0.1, 0.15) is 31.0 Å². The molecule has 1 saturated carbocycles. The van der Waals surface area contributed by atoms with Gasteiger partial charge in [0.25, 0.3) is 5.91 Å². The van der Waals surface area contributed by atoms with Gasteiger partial charge in [0, 0.05) is 24.1 Å². The minimum atomic E-state index is -0.342. The van der Waals surface area contributed by atoms with Gasteiger partial charge in [0.05, 0.1) is 13.2 Å². The molecular weight excluding hydrogens is 393 g/mol. The van der Waals surface area contributed by atoms with E-state index in [4.69, 9.17) is 4.74 Å². The number of anilines is 1. The van der Waals surface area contributed by atoms with Gasteiger partial charge in [0.15, 0.2) is 6.04 Å². The molecule has 1 atom stereocenters. The standard InChI is InChI=1S/C25H32FN3O2/c26-21-9-11-22(12-10-21)28-24(30)23(20-7-3-1-4-8-20)27-19-25(13-5-2-6-14-25)29-15-17-31-18-16-29/h1,3-4,7-12,23,27H,2,5-6,13-19H2,(H,28,30)/p+2/t23-/m0/s1. The Morgan fingerprint density at radius 1 is 1.03 bits per heavy atom. The summed E-state index contributed by atoms with van der Waals surface area (Å²) in [7, 11) is 0. The Labute approximate surface area is 184 Å². The normalized spacial score (nSPS) is 20.2. The van der Waals surface area contributed by atoms with Crippen LogP contribution < -0.4 is 15.5 Å². The van der Waals surface area contributed by atoms with Gasteiger partial charge in [0.2, 0.25) is 0 Å². The summed E-state index contributed by atoms with van der Waals surface area (Å²) in [6, 6.07) is 15.6. The van der Waals surface area contributed by atoms with Gasteiger partial charge in [-0.15, -0.1) is 0 Å². The zero-order valence-electron chi connectivity index (χ0n) is 18.1. The molecule has 166 valence electrons. The number of quaternary nitrogens is 2. The number of carbonyl (C=O) groups is 1. The molecular formula is C25H34FN3O2+2. The molecule has 0 radical (unpaired) electrons. The minimum Gasteiger partial charge on any atom is -0.370 e. The maximum atomic E-state index is 13.3. The number of morpholine rings is 1. The highest BCUT2D eigenvalue weighted by molar-refractivity contribution is 5.94. The van der Waals surface area contributed by atoms with Crippen molar-refractivity contribution in [2.75, 3.05) is 38.2 Å². The van der Waals surface area contributed by atoms with Crippen LogP contribution in [-0.2, 0) is 9.53 Å². The number of benzene rings is 2. The lowest BCUT2D eigenvalue weighted by molar-refractivity contribution is -0.975. The van der Waals surface area contributed by atoms with Gasteiger partial charge in [-0.3, -0.25) is 4.79 Å². The molecule has 0 spiro atoms. The Bertz CT molecular complexity index is 832. The summed E-state index contributed by atoms with van der Waals surface area (Å²) >= 11 is 0. The van der Waals surface area contributed by atoms with Crippen LogP contribution in [0.2, 0.25) is 0 Å². The van der Waals surface area contributed by atoms with E-state index < -0.39 is 0 Å². The fourth-order valence-electron chi connectivity index (χ4n) is 5.23. The lowest BCUT2D eigenvalue weighted by atomic mass is 9.79. The summed E-state index contributed by atoms with van der Waals surface area (Å²) in [5.41, 5.74) is 1.81. The van der Waals surface area contributed by atoms with Crippen molar-refractivity contribution in [1.29, 1.82) is 0 Å². The third-order valence-electron chi connectivity index (χ3n) is 6.95. The fourth-order valence-corrected chi connectivity index (χ4v) is 5.23. The fraction of sp³-hybridized carbons (Fsp3) is 0.480. The van der Waals surface area contributed by atoms with E-state index in [9.17, 15) is 9.18 Å². The largest absolute Gasteiger partial charge is 0.370 e. The van der Waals surface area contributed by atoms with Crippen LogP contribution in [0.3, 0.4) is 0 Å². The highest BCUT2D eigenvalue weighted by Gasteiger charge is 2.45. The highest BCUT2D eigenvalue weighted by atomic mass is 19.1. The van der Waals surface area contributed by atoms with Gasteiger partial charge in [-0.05, 0) is 37.1 Å². The van der Waals surface area contributed by atoms with Crippen molar-refractivity contribution in [2.24, 2.45) is 0 Å². The van der Waals surface area contributed by atoms with E-state index in [-0.39, 0.29) is 23.3 Å². The number of nitrogens with one attached hydrogen (secondary N) is 2. The predicted molar refractivity (Wildman–Crippen MR) is 118 cm³/mol.